The second-order valence-corrected chi connectivity index (χ2v) is 6.04. The van der Waals surface area contributed by atoms with Gasteiger partial charge in [0.2, 0.25) is 0 Å². The van der Waals surface area contributed by atoms with Gasteiger partial charge in [-0.3, -0.25) is 4.79 Å². The van der Waals surface area contributed by atoms with E-state index in [0.29, 0.717) is 32.0 Å². The molecule has 0 radical (unpaired) electrons. The van der Waals surface area contributed by atoms with Crippen molar-refractivity contribution >= 4 is 12.0 Å². The van der Waals surface area contributed by atoms with E-state index in [1.54, 1.807) is 4.90 Å². The molecule has 120 valence electrons. The second-order valence-electron chi connectivity index (χ2n) is 6.04. The van der Waals surface area contributed by atoms with Gasteiger partial charge >= 0.3 is 12.0 Å². The van der Waals surface area contributed by atoms with Gasteiger partial charge in [-0.2, -0.15) is 0 Å². The number of carboxylic acid groups (broad SMARTS) is 1. The summed E-state index contributed by atoms with van der Waals surface area (Å²) in [6, 6.07) is 6.21. The molecule has 1 aromatic rings. The van der Waals surface area contributed by atoms with Gasteiger partial charge in [0.25, 0.3) is 0 Å². The number of hydrogen-bond donors (Lipinski definition) is 2. The predicted molar refractivity (Wildman–Crippen MR) is 84.9 cm³/mol. The summed E-state index contributed by atoms with van der Waals surface area (Å²) in [7, 11) is 0. The molecule has 2 amide bonds. The molecule has 0 saturated carbocycles. The summed E-state index contributed by atoms with van der Waals surface area (Å²) in [4.78, 5) is 24.4. The highest BCUT2D eigenvalue weighted by atomic mass is 16.4. The fraction of sp³-hybridized carbons (Fsp3) is 0.529. The highest BCUT2D eigenvalue weighted by Crippen LogP contribution is 2.27. The Morgan fingerprint density at radius 3 is 2.82 bits per heavy atom. The lowest BCUT2D eigenvalue weighted by Crippen LogP contribution is -2.43. The number of aliphatic carboxylic acids is 1. The van der Waals surface area contributed by atoms with Gasteiger partial charge in [0.15, 0.2) is 0 Å². The summed E-state index contributed by atoms with van der Waals surface area (Å²) in [5.74, 6) is -0.339. The Labute approximate surface area is 131 Å². The highest BCUT2D eigenvalue weighted by Gasteiger charge is 2.22. The molecule has 5 heteroatoms. The molecule has 0 fully saturated rings. The van der Waals surface area contributed by atoms with Crippen molar-refractivity contribution in [3.63, 3.8) is 0 Å². The van der Waals surface area contributed by atoms with E-state index in [-0.39, 0.29) is 12.5 Å². The molecule has 2 rings (SSSR count). The highest BCUT2D eigenvalue weighted by molar-refractivity contribution is 5.74. The number of nitrogens with zero attached hydrogens (tertiary/aromatic N) is 1. The van der Waals surface area contributed by atoms with E-state index >= 15 is 0 Å². The lowest BCUT2D eigenvalue weighted by molar-refractivity contribution is -0.137. The van der Waals surface area contributed by atoms with Crippen LogP contribution in [0.4, 0.5) is 4.79 Å². The standard InChI is InChI=1S/C17H24N2O3/c1-12(2)14-6-3-5-13-11-19(10-8-15(13)14)17(22)18-9-4-7-16(20)21/h3,5-6,12H,4,7-11H2,1-2H3,(H,18,22)(H,20,21). The van der Waals surface area contributed by atoms with Crippen LogP contribution in [0.15, 0.2) is 18.2 Å². The smallest absolute Gasteiger partial charge is 0.317 e. The number of nitrogens with one attached hydrogen (secondary N) is 1. The molecule has 22 heavy (non-hydrogen) atoms. The number of amides is 2. The van der Waals surface area contributed by atoms with Gasteiger partial charge in [0.05, 0.1) is 0 Å². The summed E-state index contributed by atoms with van der Waals surface area (Å²) in [6.07, 6.45) is 1.43. The molecular formula is C17H24N2O3. The van der Waals surface area contributed by atoms with Gasteiger partial charge in [0.1, 0.15) is 0 Å². The average molecular weight is 304 g/mol. The second kappa shape index (κ2) is 7.29. The number of hydrogen-bond acceptors (Lipinski definition) is 2. The Bertz CT molecular complexity index is 555. The maximum Gasteiger partial charge on any atom is 0.317 e. The van der Waals surface area contributed by atoms with E-state index in [9.17, 15) is 9.59 Å². The zero-order valence-electron chi connectivity index (χ0n) is 13.3. The number of carbonyl (C=O) groups excluding carboxylic acids is 1. The zero-order valence-corrected chi connectivity index (χ0v) is 13.3. The molecule has 0 unspecified atom stereocenters. The number of carboxylic acids is 1. The van der Waals surface area contributed by atoms with Gasteiger partial charge in [-0.15, -0.1) is 0 Å². The Balaban J connectivity index is 1.93. The van der Waals surface area contributed by atoms with E-state index in [0.717, 1.165) is 6.42 Å². The van der Waals surface area contributed by atoms with Gasteiger partial charge in [0, 0.05) is 26.1 Å². The Morgan fingerprint density at radius 2 is 2.14 bits per heavy atom. The van der Waals surface area contributed by atoms with E-state index in [2.05, 4.69) is 37.4 Å². The van der Waals surface area contributed by atoms with Crippen LogP contribution >= 0.6 is 0 Å². The van der Waals surface area contributed by atoms with Crippen LogP contribution in [0.2, 0.25) is 0 Å². The van der Waals surface area contributed by atoms with Crippen LogP contribution in [-0.4, -0.2) is 35.1 Å². The first kappa shape index (κ1) is 16.3. The molecule has 0 aliphatic carbocycles. The Hall–Kier alpha value is -2.04. The predicted octanol–water partition coefficient (Wildman–Crippen LogP) is 2.74. The minimum Gasteiger partial charge on any atom is -0.481 e. The molecular weight excluding hydrogens is 280 g/mol. The third kappa shape index (κ3) is 4.00. The molecule has 0 saturated heterocycles. The van der Waals surface area contributed by atoms with Gasteiger partial charge < -0.3 is 15.3 Å². The number of rotatable bonds is 5. The van der Waals surface area contributed by atoms with Crippen molar-refractivity contribution in [3.05, 3.63) is 34.9 Å². The molecule has 2 N–H and O–H groups in total. The maximum atomic E-state index is 12.1. The Kier molecular flexibility index (Phi) is 5.41. The molecule has 1 heterocycles. The SMILES string of the molecule is CC(C)c1cccc2c1CCN(C(=O)NCCCC(=O)O)C2. The molecule has 1 aliphatic heterocycles. The van der Waals surface area contributed by atoms with E-state index in [1.807, 2.05) is 0 Å². The monoisotopic (exact) mass is 304 g/mol. The topological polar surface area (TPSA) is 69.6 Å². The molecule has 5 nitrogen and oxygen atoms in total. The summed E-state index contributed by atoms with van der Waals surface area (Å²) in [5, 5.41) is 11.4. The van der Waals surface area contributed by atoms with Crippen LogP contribution < -0.4 is 5.32 Å². The first-order valence-corrected chi connectivity index (χ1v) is 7.84. The van der Waals surface area contributed by atoms with E-state index in [1.165, 1.54) is 16.7 Å². The van der Waals surface area contributed by atoms with Crippen LogP contribution in [0.3, 0.4) is 0 Å². The minimum atomic E-state index is -0.831. The summed E-state index contributed by atoms with van der Waals surface area (Å²) < 4.78 is 0. The molecule has 0 bridgehead atoms. The van der Waals surface area contributed by atoms with Crippen LogP contribution in [0.5, 0.6) is 0 Å². The fourth-order valence-electron chi connectivity index (χ4n) is 2.90. The number of fused-ring (bicyclic) bond motifs is 1. The lowest BCUT2D eigenvalue weighted by atomic mass is 9.89. The summed E-state index contributed by atoms with van der Waals surface area (Å²) in [5.41, 5.74) is 3.98. The van der Waals surface area contributed by atoms with E-state index < -0.39 is 5.97 Å². The number of urea groups is 1. The van der Waals surface area contributed by atoms with Crippen molar-refractivity contribution in [2.75, 3.05) is 13.1 Å². The number of benzene rings is 1. The summed E-state index contributed by atoms with van der Waals surface area (Å²) in [6.45, 7) is 6.12. The normalized spacial score (nSPS) is 13.9. The third-order valence-corrected chi connectivity index (χ3v) is 4.06. The summed E-state index contributed by atoms with van der Waals surface area (Å²) >= 11 is 0. The van der Waals surface area contributed by atoms with Gasteiger partial charge in [-0.1, -0.05) is 32.0 Å². The molecule has 1 aromatic carbocycles. The fourth-order valence-corrected chi connectivity index (χ4v) is 2.90. The third-order valence-electron chi connectivity index (χ3n) is 4.06. The van der Waals surface area contributed by atoms with Gasteiger partial charge in [-0.05, 0) is 35.4 Å². The first-order valence-electron chi connectivity index (χ1n) is 7.84. The van der Waals surface area contributed by atoms with Crippen LogP contribution in [0, 0.1) is 0 Å². The lowest BCUT2D eigenvalue weighted by Gasteiger charge is -2.31. The average Bonchev–Trinajstić information content (AvgIpc) is 2.49. The number of carbonyl (C=O) groups is 2. The van der Waals surface area contributed by atoms with Crippen LogP contribution in [-0.2, 0) is 17.8 Å². The molecule has 1 aliphatic rings. The van der Waals surface area contributed by atoms with Gasteiger partial charge in [-0.25, -0.2) is 4.79 Å². The van der Waals surface area contributed by atoms with Crippen molar-refractivity contribution in [2.24, 2.45) is 0 Å². The van der Waals surface area contributed by atoms with Crippen molar-refractivity contribution in [1.82, 2.24) is 10.2 Å². The van der Waals surface area contributed by atoms with Crippen molar-refractivity contribution in [3.8, 4) is 0 Å². The van der Waals surface area contributed by atoms with Crippen LogP contribution in [0.25, 0.3) is 0 Å². The first-order chi connectivity index (χ1) is 10.5. The van der Waals surface area contributed by atoms with Crippen molar-refractivity contribution in [2.45, 2.75) is 45.6 Å². The minimum absolute atomic E-state index is 0.0842. The molecule has 0 spiro atoms. The largest absolute Gasteiger partial charge is 0.481 e. The van der Waals surface area contributed by atoms with Crippen LogP contribution in [0.1, 0.15) is 49.3 Å². The van der Waals surface area contributed by atoms with Crippen molar-refractivity contribution < 1.29 is 14.7 Å². The van der Waals surface area contributed by atoms with Crippen molar-refractivity contribution in [1.29, 1.82) is 0 Å². The molecule has 0 atom stereocenters. The zero-order chi connectivity index (χ0) is 16.1. The quantitative estimate of drug-likeness (QED) is 0.822. The van der Waals surface area contributed by atoms with E-state index in [4.69, 9.17) is 5.11 Å². The molecule has 0 aromatic heterocycles. The Morgan fingerprint density at radius 1 is 1.36 bits per heavy atom. The maximum absolute atomic E-state index is 12.1.